The summed E-state index contributed by atoms with van der Waals surface area (Å²) in [6.45, 7) is 3.88. The maximum atomic E-state index is 11.1. The van der Waals surface area contributed by atoms with Crippen molar-refractivity contribution in [2.45, 2.75) is 32.1 Å². The van der Waals surface area contributed by atoms with Gasteiger partial charge in [0.2, 0.25) is 0 Å². The molecule has 1 saturated carbocycles. The van der Waals surface area contributed by atoms with Gasteiger partial charge >= 0.3 is 0 Å². The van der Waals surface area contributed by atoms with Crippen molar-refractivity contribution >= 4 is 5.78 Å². The van der Waals surface area contributed by atoms with Gasteiger partial charge in [-0.05, 0) is 36.8 Å². The Hall–Kier alpha value is -1.11. The van der Waals surface area contributed by atoms with Crippen LogP contribution in [0.3, 0.4) is 0 Å². The Kier molecular flexibility index (Phi) is 1.76. The van der Waals surface area contributed by atoms with E-state index in [-0.39, 0.29) is 5.78 Å². The van der Waals surface area contributed by atoms with Crippen LogP contribution in [0.5, 0.6) is 0 Å². The summed E-state index contributed by atoms with van der Waals surface area (Å²) in [5.41, 5.74) is 2.52. The summed E-state index contributed by atoms with van der Waals surface area (Å²) >= 11 is 0. The van der Waals surface area contributed by atoms with Crippen LogP contribution < -0.4 is 0 Å². The number of carbonyl (C=O) groups excluding carboxylic acids is 1. The first-order valence-electron chi connectivity index (χ1n) is 4.73. The molecule has 0 heterocycles. The lowest BCUT2D eigenvalue weighted by molar-refractivity contribution is 0.101. The number of hydrogen-bond acceptors (Lipinski definition) is 1. The van der Waals surface area contributed by atoms with Crippen molar-refractivity contribution in [3.05, 3.63) is 35.4 Å². The van der Waals surface area contributed by atoms with Crippen molar-refractivity contribution in [2.24, 2.45) is 0 Å². The van der Waals surface area contributed by atoms with Crippen molar-refractivity contribution in [1.82, 2.24) is 0 Å². The smallest absolute Gasteiger partial charge is 0.159 e. The van der Waals surface area contributed by atoms with E-state index in [1.807, 2.05) is 18.2 Å². The van der Waals surface area contributed by atoms with Crippen LogP contribution in [0.1, 0.15) is 42.6 Å². The number of carbonyl (C=O) groups is 1. The predicted molar refractivity (Wildman–Crippen MR) is 53.0 cm³/mol. The van der Waals surface area contributed by atoms with E-state index in [0.29, 0.717) is 5.41 Å². The van der Waals surface area contributed by atoms with Crippen molar-refractivity contribution in [3.8, 4) is 0 Å². The average Bonchev–Trinajstić information content (AvgIpc) is 2.85. The predicted octanol–water partition coefficient (Wildman–Crippen LogP) is 2.94. The quantitative estimate of drug-likeness (QED) is 0.630. The van der Waals surface area contributed by atoms with Gasteiger partial charge in [0.05, 0.1) is 0 Å². The highest BCUT2D eigenvalue weighted by Crippen LogP contribution is 2.47. The maximum absolute atomic E-state index is 11.1. The first-order valence-corrected chi connectivity index (χ1v) is 4.73. The molecule has 0 unspecified atom stereocenters. The SMILES string of the molecule is CC(=O)c1cccc(C2(C)CC2)c1. The minimum Gasteiger partial charge on any atom is -0.295 e. The van der Waals surface area contributed by atoms with Crippen molar-refractivity contribution < 1.29 is 4.79 Å². The highest BCUT2D eigenvalue weighted by atomic mass is 16.1. The van der Waals surface area contributed by atoms with Crippen LogP contribution in [-0.4, -0.2) is 5.78 Å². The number of ketones is 1. The highest BCUT2D eigenvalue weighted by molar-refractivity contribution is 5.94. The van der Waals surface area contributed by atoms with Crippen molar-refractivity contribution in [1.29, 1.82) is 0 Å². The first-order chi connectivity index (χ1) is 6.12. The molecule has 0 saturated heterocycles. The molecule has 1 aromatic rings. The fourth-order valence-corrected chi connectivity index (χ4v) is 1.59. The van der Waals surface area contributed by atoms with Crippen LogP contribution in [0.4, 0.5) is 0 Å². The van der Waals surface area contributed by atoms with Crippen LogP contribution in [0.25, 0.3) is 0 Å². The van der Waals surface area contributed by atoms with Crippen LogP contribution in [0.15, 0.2) is 24.3 Å². The maximum Gasteiger partial charge on any atom is 0.159 e. The summed E-state index contributed by atoms with van der Waals surface area (Å²) in [6.07, 6.45) is 2.52. The minimum absolute atomic E-state index is 0.158. The van der Waals surface area contributed by atoms with Gasteiger partial charge in [0.25, 0.3) is 0 Å². The zero-order valence-electron chi connectivity index (χ0n) is 8.13. The summed E-state index contributed by atoms with van der Waals surface area (Å²) in [7, 11) is 0. The third kappa shape index (κ3) is 1.51. The molecular formula is C12H14O. The molecule has 2 rings (SSSR count). The van der Waals surface area contributed by atoms with E-state index in [1.165, 1.54) is 18.4 Å². The lowest BCUT2D eigenvalue weighted by Gasteiger charge is -2.09. The molecule has 1 aliphatic carbocycles. The van der Waals surface area contributed by atoms with Gasteiger partial charge in [0.1, 0.15) is 0 Å². The number of benzene rings is 1. The zero-order chi connectivity index (χ0) is 9.47. The second kappa shape index (κ2) is 2.69. The standard InChI is InChI=1S/C12H14O/c1-9(13)10-4-3-5-11(8-10)12(2)6-7-12/h3-5,8H,6-7H2,1-2H3. The fourth-order valence-electron chi connectivity index (χ4n) is 1.59. The van der Waals surface area contributed by atoms with Gasteiger partial charge in [0.15, 0.2) is 5.78 Å². The Labute approximate surface area is 78.8 Å². The van der Waals surface area contributed by atoms with Gasteiger partial charge in [-0.15, -0.1) is 0 Å². The van der Waals surface area contributed by atoms with Gasteiger partial charge in [0, 0.05) is 5.56 Å². The molecule has 1 fully saturated rings. The summed E-state index contributed by atoms with van der Waals surface area (Å²) in [5.74, 6) is 0.158. The molecule has 1 aromatic carbocycles. The van der Waals surface area contributed by atoms with Gasteiger partial charge in [-0.3, -0.25) is 4.79 Å². The molecule has 0 bridgehead atoms. The monoisotopic (exact) mass is 174 g/mol. The summed E-state index contributed by atoms with van der Waals surface area (Å²) in [5, 5.41) is 0. The molecular weight excluding hydrogens is 160 g/mol. The van der Waals surface area contributed by atoms with Gasteiger partial charge in [-0.2, -0.15) is 0 Å². The summed E-state index contributed by atoms with van der Waals surface area (Å²) in [6, 6.07) is 8.03. The molecule has 13 heavy (non-hydrogen) atoms. The average molecular weight is 174 g/mol. The molecule has 0 aromatic heterocycles. The normalized spacial score (nSPS) is 18.3. The molecule has 1 nitrogen and oxygen atoms in total. The van der Waals surface area contributed by atoms with Gasteiger partial charge in [-0.25, -0.2) is 0 Å². The Balaban J connectivity index is 2.38. The third-order valence-electron chi connectivity index (χ3n) is 2.97. The molecule has 1 aliphatic rings. The van der Waals surface area contributed by atoms with Crippen LogP contribution >= 0.6 is 0 Å². The van der Waals surface area contributed by atoms with Crippen molar-refractivity contribution in [3.63, 3.8) is 0 Å². The molecule has 0 N–H and O–H groups in total. The summed E-state index contributed by atoms with van der Waals surface area (Å²) in [4.78, 5) is 11.1. The fraction of sp³-hybridized carbons (Fsp3) is 0.417. The molecule has 0 spiro atoms. The summed E-state index contributed by atoms with van der Waals surface area (Å²) < 4.78 is 0. The molecule has 0 amide bonds. The number of Topliss-reactive ketones (excluding diaryl/α,β-unsaturated/α-hetero) is 1. The van der Waals surface area contributed by atoms with Crippen molar-refractivity contribution in [2.75, 3.05) is 0 Å². The van der Waals surface area contributed by atoms with Crippen LogP contribution in [0, 0.1) is 0 Å². The molecule has 0 aliphatic heterocycles. The molecule has 0 atom stereocenters. The van der Waals surface area contributed by atoms with E-state index in [4.69, 9.17) is 0 Å². The largest absolute Gasteiger partial charge is 0.295 e. The number of rotatable bonds is 2. The minimum atomic E-state index is 0.158. The van der Waals surface area contributed by atoms with E-state index in [1.54, 1.807) is 6.92 Å². The lowest BCUT2D eigenvalue weighted by atomic mass is 9.96. The Morgan fingerprint density at radius 1 is 1.38 bits per heavy atom. The van der Waals surface area contributed by atoms with Gasteiger partial charge < -0.3 is 0 Å². The van der Waals surface area contributed by atoms with Gasteiger partial charge in [-0.1, -0.05) is 25.1 Å². The highest BCUT2D eigenvalue weighted by Gasteiger charge is 2.38. The molecule has 1 heteroatoms. The third-order valence-corrected chi connectivity index (χ3v) is 2.97. The van der Waals surface area contributed by atoms with E-state index >= 15 is 0 Å². The molecule has 68 valence electrons. The Morgan fingerprint density at radius 3 is 2.62 bits per heavy atom. The van der Waals surface area contributed by atoms with Crippen LogP contribution in [-0.2, 0) is 5.41 Å². The first kappa shape index (κ1) is 8.49. The number of hydrogen-bond donors (Lipinski definition) is 0. The van der Waals surface area contributed by atoms with E-state index < -0.39 is 0 Å². The van der Waals surface area contributed by atoms with E-state index in [9.17, 15) is 4.79 Å². The second-order valence-corrected chi connectivity index (χ2v) is 4.20. The van der Waals surface area contributed by atoms with E-state index in [0.717, 1.165) is 5.56 Å². The molecule has 0 radical (unpaired) electrons. The second-order valence-electron chi connectivity index (χ2n) is 4.20. The topological polar surface area (TPSA) is 17.1 Å². The lowest BCUT2D eigenvalue weighted by Crippen LogP contribution is -2.01. The van der Waals surface area contributed by atoms with Crippen LogP contribution in [0.2, 0.25) is 0 Å². The zero-order valence-corrected chi connectivity index (χ0v) is 8.13. The Morgan fingerprint density at radius 2 is 2.08 bits per heavy atom. The van der Waals surface area contributed by atoms with E-state index in [2.05, 4.69) is 13.0 Å². The Bertz CT molecular complexity index is 348.